The van der Waals surface area contributed by atoms with E-state index in [1.165, 1.54) is 63.1 Å². The summed E-state index contributed by atoms with van der Waals surface area (Å²) in [7, 11) is 0. The van der Waals surface area contributed by atoms with Gasteiger partial charge in [0.2, 0.25) is 0 Å². The number of unbranched alkanes of at least 4 members (excludes halogenated alkanes) is 7. The molecule has 2 N–H and O–H groups in total. The second-order valence-electron chi connectivity index (χ2n) is 5.21. The number of hydrogen-bond acceptors (Lipinski definition) is 6. The Kier molecular flexibility index (Phi) is 10.1. The minimum absolute atomic E-state index is 0.292. The minimum atomic E-state index is 0.292. The van der Waals surface area contributed by atoms with Gasteiger partial charge in [0.25, 0.3) is 0 Å². The number of thioether (sulfide) groups is 2. The molecule has 0 bridgehead atoms. The van der Waals surface area contributed by atoms with Crippen molar-refractivity contribution in [3.05, 3.63) is 5.56 Å². The zero-order valence-electron chi connectivity index (χ0n) is 13.6. The third kappa shape index (κ3) is 6.89. The van der Waals surface area contributed by atoms with Crippen LogP contribution in [-0.4, -0.2) is 22.0 Å². The summed E-state index contributed by atoms with van der Waals surface area (Å²) in [5.41, 5.74) is 6.21. The van der Waals surface area contributed by atoms with E-state index in [0.717, 1.165) is 5.75 Å². The van der Waals surface area contributed by atoms with Gasteiger partial charge in [-0.15, -0.1) is 11.8 Å². The minimum Gasteiger partial charge on any atom is -0.382 e. The summed E-state index contributed by atoms with van der Waals surface area (Å²) in [4.78, 5) is 8.62. The molecule has 1 heterocycles. The first-order valence-electron chi connectivity index (χ1n) is 7.97. The van der Waals surface area contributed by atoms with Crippen LogP contribution in [0.1, 0.15) is 63.9 Å². The summed E-state index contributed by atoms with van der Waals surface area (Å²) in [5.74, 6) is 1.30. The number of nitrogen functional groups attached to an aromatic ring is 1. The summed E-state index contributed by atoms with van der Waals surface area (Å²) in [6, 6.07) is 2.07. The molecule has 0 saturated heterocycles. The number of rotatable bonds is 11. The average Bonchev–Trinajstić information content (AvgIpc) is 2.52. The van der Waals surface area contributed by atoms with Crippen LogP contribution < -0.4 is 5.73 Å². The molecule has 1 aromatic rings. The highest BCUT2D eigenvalue weighted by Gasteiger charge is 2.11. The van der Waals surface area contributed by atoms with Gasteiger partial charge >= 0.3 is 0 Å². The number of hydrogen-bond donors (Lipinski definition) is 1. The average molecular weight is 339 g/mol. The van der Waals surface area contributed by atoms with Crippen molar-refractivity contribution in [2.75, 3.05) is 17.7 Å². The van der Waals surface area contributed by atoms with Gasteiger partial charge in [0.05, 0.1) is 0 Å². The molecule has 4 nitrogen and oxygen atoms in total. The molecule has 0 aliphatic carbocycles. The van der Waals surface area contributed by atoms with Gasteiger partial charge in [0.15, 0.2) is 5.16 Å². The van der Waals surface area contributed by atoms with Crippen LogP contribution in [0.5, 0.6) is 0 Å². The van der Waals surface area contributed by atoms with Gasteiger partial charge in [-0.2, -0.15) is 5.26 Å². The normalized spacial score (nSPS) is 10.6. The largest absolute Gasteiger partial charge is 0.382 e. The Balaban J connectivity index is 2.25. The van der Waals surface area contributed by atoms with Crippen molar-refractivity contribution in [2.45, 2.75) is 68.5 Å². The zero-order valence-corrected chi connectivity index (χ0v) is 15.2. The number of nitrogens with two attached hydrogens (primary N) is 1. The summed E-state index contributed by atoms with van der Waals surface area (Å²) >= 11 is 3.07. The summed E-state index contributed by atoms with van der Waals surface area (Å²) in [6.45, 7) is 2.25. The van der Waals surface area contributed by atoms with Crippen molar-refractivity contribution >= 4 is 29.3 Å². The molecule has 1 rings (SSSR count). The van der Waals surface area contributed by atoms with Gasteiger partial charge in [-0.05, 0) is 12.7 Å². The van der Waals surface area contributed by atoms with Gasteiger partial charge in [0, 0.05) is 5.75 Å². The Hall–Kier alpha value is -0.930. The molecule has 0 amide bonds. The molecule has 0 saturated carbocycles. The maximum Gasteiger partial charge on any atom is 0.190 e. The number of nitrogens with zero attached hydrogens (tertiary/aromatic N) is 3. The quantitative estimate of drug-likeness (QED) is 0.268. The van der Waals surface area contributed by atoms with Crippen LogP contribution in [0, 0.1) is 11.3 Å². The second-order valence-corrected chi connectivity index (χ2v) is 7.07. The van der Waals surface area contributed by atoms with Gasteiger partial charge in [-0.25, -0.2) is 9.97 Å². The van der Waals surface area contributed by atoms with E-state index in [1.807, 2.05) is 6.26 Å². The highest BCUT2D eigenvalue weighted by atomic mass is 32.2. The monoisotopic (exact) mass is 338 g/mol. The van der Waals surface area contributed by atoms with E-state index in [4.69, 9.17) is 11.0 Å². The van der Waals surface area contributed by atoms with E-state index in [0.29, 0.717) is 21.6 Å². The fourth-order valence-electron chi connectivity index (χ4n) is 2.15. The molecule has 0 spiro atoms. The van der Waals surface area contributed by atoms with Crippen LogP contribution in [0.3, 0.4) is 0 Å². The molecule has 6 heteroatoms. The molecule has 22 heavy (non-hydrogen) atoms. The standard InChI is InChI=1S/C16H26N4S2/c1-3-4-5-6-7-8-9-10-11-22-16-19-14(18)13(12-17)15(20-16)21-2/h3-11H2,1-2H3,(H2,18,19,20). The van der Waals surface area contributed by atoms with Crippen molar-refractivity contribution in [2.24, 2.45) is 0 Å². The number of aromatic nitrogens is 2. The topological polar surface area (TPSA) is 75.6 Å². The third-order valence-electron chi connectivity index (χ3n) is 3.42. The molecule has 1 aromatic heterocycles. The molecule has 0 aromatic carbocycles. The second kappa shape index (κ2) is 11.6. The van der Waals surface area contributed by atoms with Crippen LogP contribution in [0.4, 0.5) is 5.82 Å². The summed E-state index contributed by atoms with van der Waals surface area (Å²) < 4.78 is 0. The maximum atomic E-state index is 9.04. The van der Waals surface area contributed by atoms with E-state index in [1.54, 1.807) is 11.8 Å². The molecular weight excluding hydrogens is 312 g/mol. The van der Waals surface area contributed by atoms with E-state index >= 15 is 0 Å². The lowest BCUT2D eigenvalue weighted by molar-refractivity contribution is 0.586. The predicted octanol–water partition coefficient (Wildman–Crippen LogP) is 4.89. The summed E-state index contributed by atoms with van der Waals surface area (Å²) in [6.07, 6.45) is 12.4. The molecule has 0 unspecified atom stereocenters. The van der Waals surface area contributed by atoms with Crippen LogP contribution >= 0.6 is 23.5 Å². The lowest BCUT2D eigenvalue weighted by Crippen LogP contribution is -2.01. The van der Waals surface area contributed by atoms with E-state index in [-0.39, 0.29) is 0 Å². The van der Waals surface area contributed by atoms with Crippen molar-refractivity contribution < 1.29 is 0 Å². The highest BCUT2D eigenvalue weighted by molar-refractivity contribution is 7.99. The number of nitriles is 1. The Morgan fingerprint density at radius 1 is 1.05 bits per heavy atom. The fraction of sp³-hybridized carbons (Fsp3) is 0.688. The Morgan fingerprint density at radius 3 is 2.27 bits per heavy atom. The van der Waals surface area contributed by atoms with E-state index in [9.17, 15) is 0 Å². The van der Waals surface area contributed by atoms with E-state index in [2.05, 4.69) is 23.0 Å². The van der Waals surface area contributed by atoms with Gasteiger partial charge in [-0.1, -0.05) is 63.6 Å². The molecule has 0 fully saturated rings. The maximum absolute atomic E-state index is 9.04. The van der Waals surface area contributed by atoms with E-state index < -0.39 is 0 Å². The van der Waals surface area contributed by atoms with Crippen molar-refractivity contribution in [3.63, 3.8) is 0 Å². The third-order valence-corrected chi connectivity index (χ3v) is 5.03. The first-order valence-corrected chi connectivity index (χ1v) is 10.2. The number of anilines is 1. The zero-order chi connectivity index (χ0) is 16.2. The molecule has 122 valence electrons. The van der Waals surface area contributed by atoms with Crippen molar-refractivity contribution in [1.82, 2.24) is 9.97 Å². The lowest BCUT2D eigenvalue weighted by atomic mass is 10.1. The highest BCUT2D eigenvalue weighted by Crippen LogP contribution is 2.25. The smallest absolute Gasteiger partial charge is 0.190 e. The van der Waals surface area contributed by atoms with Crippen LogP contribution in [0.15, 0.2) is 10.2 Å². The van der Waals surface area contributed by atoms with Gasteiger partial charge < -0.3 is 5.73 Å². The van der Waals surface area contributed by atoms with Crippen molar-refractivity contribution in [3.8, 4) is 6.07 Å². The Morgan fingerprint density at radius 2 is 1.68 bits per heavy atom. The van der Waals surface area contributed by atoms with Crippen LogP contribution in [-0.2, 0) is 0 Å². The fourth-order valence-corrected chi connectivity index (χ4v) is 3.59. The first-order chi connectivity index (χ1) is 10.7. The molecule has 0 aliphatic rings. The Labute approximate surface area is 142 Å². The SMILES string of the molecule is CCCCCCCCCCSc1nc(N)c(C#N)c(SC)n1. The molecule has 0 atom stereocenters. The molecule has 0 radical (unpaired) electrons. The van der Waals surface area contributed by atoms with Crippen LogP contribution in [0.25, 0.3) is 0 Å². The summed E-state index contributed by atoms with van der Waals surface area (Å²) in [5, 5.41) is 10.4. The van der Waals surface area contributed by atoms with Crippen molar-refractivity contribution in [1.29, 1.82) is 5.26 Å². The molecule has 0 aliphatic heterocycles. The van der Waals surface area contributed by atoms with Gasteiger partial charge in [-0.3, -0.25) is 0 Å². The van der Waals surface area contributed by atoms with Gasteiger partial charge in [0.1, 0.15) is 22.5 Å². The lowest BCUT2D eigenvalue weighted by Gasteiger charge is -2.06. The molecular formula is C16H26N4S2. The first kappa shape index (κ1) is 19.1. The van der Waals surface area contributed by atoms with Crippen LogP contribution in [0.2, 0.25) is 0 Å². The Bertz CT molecular complexity index is 486. The predicted molar refractivity (Wildman–Crippen MR) is 96.3 cm³/mol.